The second-order valence-corrected chi connectivity index (χ2v) is 5.42. The zero-order chi connectivity index (χ0) is 16.8. The minimum absolute atomic E-state index is 0.00954. The van der Waals surface area contributed by atoms with Gasteiger partial charge < -0.3 is 5.11 Å². The number of carboxylic acids is 1. The molecular formula is C15H15F3N2O2. The molecule has 1 aliphatic carbocycles. The van der Waals surface area contributed by atoms with Crippen LogP contribution in [0.3, 0.4) is 0 Å². The monoisotopic (exact) mass is 312 g/mol. The SMILES string of the molecule is C#C[C@@H]1[C@H](C)c2c(C(F)F)nn(CC(=O)O)c2C1(F)C(=C)C. The van der Waals surface area contributed by atoms with Crippen molar-refractivity contribution in [3.05, 3.63) is 29.1 Å². The van der Waals surface area contributed by atoms with Crippen molar-refractivity contribution < 1.29 is 23.1 Å². The first-order chi connectivity index (χ1) is 10.2. The van der Waals surface area contributed by atoms with Gasteiger partial charge in [-0.1, -0.05) is 19.4 Å². The molecule has 0 fully saturated rings. The quantitative estimate of drug-likeness (QED) is 0.687. The number of hydrogen-bond acceptors (Lipinski definition) is 2. The molecule has 2 rings (SSSR count). The van der Waals surface area contributed by atoms with Crippen molar-refractivity contribution in [3.8, 4) is 12.3 Å². The predicted molar refractivity (Wildman–Crippen MR) is 73.2 cm³/mol. The topological polar surface area (TPSA) is 55.1 Å². The van der Waals surface area contributed by atoms with Crippen LogP contribution in [-0.4, -0.2) is 20.9 Å². The van der Waals surface area contributed by atoms with Crippen LogP contribution in [0.25, 0.3) is 0 Å². The van der Waals surface area contributed by atoms with Gasteiger partial charge in [0.2, 0.25) is 0 Å². The molecule has 0 saturated carbocycles. The van der Waals surface area contributed by atoms with Crippen molar-refractivity contribution in [3.63, 3.8) is 0 Å². The van der Waals surface area contributed by atoms with Gasteiger partial charge in [0.05, 0.1) is 11.6 Å². The highest BCUT2D eigenvalue weighted by Gasteiger charge is 2.56. The fraction of sp³-hybridized carbons (Fsp3) is 0.467. The lowest BCUT2D eigenvalue weighted by atomic mass is 9.82. The molecule has 0 aliphatic heterocycles. The standard InChI is InChI=1S/C15H15F3N2O2/c1-5-9-8(4)11-12(14(16)17)19-20(6-10(21)22)13(11)15(9,18)7(2)3/h1,8-9,14H,2,6H2,3-4H3,(H,21,22)/t8-,9+,15?/m0/s1. The molecule has 1 aliphatic rings. The van der Waals surface area contributed by atoms with Crippen LogP contribution in [0.1, 0.15) is 43.1 Å². The Kier molecular flexibility index (Phi) is 3.81. The second kappa shape index (κ2) is 5.20. The summed E-state index contributed by atoms with van der Waals surface area (Å²) < 4.78 is 42.8. The number of rotatable bonds is 4. The van der Waals surface area contributed by atoms with Crippen molar-refractivity contribution in [2.75, 3.05) is 0 Å². The fourth-order valence-corrected chi connectivity index (χ4v) is 3.12. The first-order valence-corrected chi connectivity index (χ1v) is 6.58. The summed E-state index contributed by atoms with van der Waals surface area (Å²) in [6, 6.07) is 0. The zero-order valence-electron chi connectivity index (χ0n) is 12.1. The van der Waals surface area contributed by atoms with E-state index in [4.69, 9.17) is 11.5 Å². The Labute approximate surface area is 125 Å². The number of allylic oxidation sites excluding steroid dienone is 1. The van der Waals surface area contributed by atoms with Gasteiger partial charge in [-0.25, -0.2) is 13.2 Å². The summed E-state index contributed by atoms with van der Waals surface area (Å²) in [5, 5.41) is 12.5. The van der Waals surface area contributed by atoms with E-state index in [0.717, 1.165) is 4.68 Å². The molecule has 0 saturated heterocycles. The number of aliphatic carboxylic acids is 1. The van der Waals surface area contributed by atoms with Gasteiger partial charge in [-0.2, -0.15) is 5.10 Å². The van der Waals surface area contributed by atoms with E-state index >= 15 is 4.39 Å². The second-order valence-electron chi connectivity index (χ2n) is 5.42. The van der Waals surface area contributed by atoms with E-state index in [1.54, 1.807) is 0 Å². The summed E-state index contributed by atoms with van der Waals surface area (Å²) >= 11 is 0. The van der Waals surface area contributed by atoms with Crippen molar-refractivity contribution >= 4 is 5.97 Å². The third kappa shape index (κ3) is 2.02. The number of carboxylic acid groups (broad SMARTS) is 1. The minimum atomic E-state index is -2.95. The van der Waals surface area contributed by atoms with Gasteiger partial charge in [0, 0.05) is 11.5 Å². The number of nitrogens with zero attached hydrogens (tertiary/aromatic N) is 2. The molecule has 1 heterocycles. The molecule has 0 spiro atoms. The van der Waals surface area contributed by atoms with Crippen LogP contribution in [0.4, 0.5) is 13.2 Å². The average Bonchev–Trinajstić information content (AvgIpc) is 2.87. The van der Waals surface area contributed by atoms with Gasteiger partial charge in [-0.15, -0.1) is 6.42 Å². The van der Waals surface area contributed by atoms with Crippen LogP contribution in [0.5, 0.6) is 0 Å². The Morgan fingerprint density at radius 1 is 1.64 bits per heavy atom. The smallest absolute Gasteiger partial charge is 0.325 e. The number of fused-ring (bicyclic) bond motifs is 1. The van der Waals surface area contributed by atoms with Gasteiger partial charge in [-0.05, 0) is 12.5 Å². The molecule has 1 aromatic rings. The van der Waals surface area contributed by atoms with Gasteiger partial charge in [0.15, 0.2) is 5.67 Å². The average molecular weight is 312 g/mol. The number of aromatic nitrogens is 2. The Hall–Kier alpha value is -2.23. The largest absolute Gasteiger partial charge is 0.480 e. The molecular weight excluding hydrogens is 297 g/mol. The van der Waals surface area contributed by atoms with Crippen LogP contribution in [-0.2, 0) is 17.0 Å². The molecule has 118 valence electrons. The van der Waals surface area contributed by atoms with E-state index in [0.29, 0.717) is 0 Å². The highest BCUT2D eigenvalue weighted by molar-refractivity contribution is 5.67. The number of halogens is 3. The Morgan fingerprint density at radius 2 is 2.23 bits per heavy atom. The van der Waals surface area contributed by atoms with Gasteiger partial charge in [0.25, 0.3) is 6.43 Å². The van der Waals surface area contributed by atoms with Crippen molar-refractivity contribution in [1.82, 2.24) is 9.78 Å². The van der Waals surface area contributed by atoms with Crippen LogP contribution in [0, 0.1) is 18.3 Å². The van der Waals surface area contributed by atoms with Gasteiger partial charge >= 0.3 is 5.97 Å². The highest BCUT2D eigenvalue weighted by atomic mass is 19.3. The lowest BCUT2D eigenvalue weighted by Gasteiger charge is -2.28. The minimum Gasteiger partial charge on any atom is -0.480 e. The van der Waals surface area contributed by atoms with Crippen LogP contribution < -0.4 is 0 Å². The number of carbonyl (C=O) groups is 1. The molecule has 0 aromatic carbocycles. The summed E-state index contributed by atoms with van der Waals surface area (Å²) in [4.78, 5) is 10.9. The number of terminal acetylenes is 1. The molecule has 7 heteroatoms. The normalized spacial score (nSPS) is 26.8. The highest BCUT2D eigenvalue weighted by Crippen LogP contribution is 2.56. The molecule has 1 N–H and O–H groups in total. The molecule has 1 unspecified atom stereocenters. The van der Waals surface area contributed by atoms with Crippen LogP contribution in [0.2, 0.25) is 0 Å². The van der Waals surface area contributed by atoms with Crippen LogP contribution in [0.15, 0.2) is 12.2 Å². The number of hydrogen-bond donors (Lipinski definition) is 1. The summed E-state index contributed by atoms with van der Waals surface area (Å²) in [5.74, 6) is -0.763. The van der Waals surface area contributed by atoms with Gasteiger partial charge in [0.1, 0.15) is 12.2 Å². The molecule has 0 radical (unpaired) electrons. The molecule has 0 bridgehead atoms. The van der Waals surface area contributed by atoms with E-state index in [-0.39, 0.29) is 16.8 Å². The molecule has 0 amide bonds. The summed E-state index contributed by atoms with van der Waals surface area (Å²) in [7, 11) is 0. The molecule has 3 atom stereocenters. The van der Waals surface area contributed by atoms with E-state index < -0.39 is 42.1 Å². The van der Waals surface area contributed by atoms with Crippen molar-refractivity contribution in [2.45, 2.75) is 38.4 Å². The van der Waals surface area contributed by atoms with Crippen molar-refractivity contribution in [1.29, 1.82) is 0 Å². The zero-order valence-corrected chi connectivity index (χ0v) is 12.1. The third-order valence-corrected chi connectivity index (χ3v) is 4.04. The summed E-state index contributed by atoms with van der Waals surface area (Å²) in [6.07, 6.45) is 2.44. The molecule has 1 aromatic heterocycles. The number of alkyl halides is 3. The van der Waals surface area contributed by atoms with E-state index in [9.17, 15) is 13.6 Å². The maximum absolute atomic E-state index is 15.6. The third-order valence-electron chi connectivity index (χ3n) is 4.04. The van der Waals surface area contributed by atoms with Crippen molar-refractivity contribution in [2.24, 2.45) is 5.92 Å². The Morgan fingerprint density at radius 3 is 2.64 bits per heavy atom. The molecule has 22 heavy (non-hydrogen) atoms. The van der Waals surface area contributed by atoms with E-state index in [2.05, 4.69) is 17.6 Å². The van der Waals surface area contributed by atoms with Gasteiger partial charge in [-0.3, -0.25) is 9.48 Å². The first kappa shape index (κ1) is 16.1. The maximum Gasteiger partial charge on any atom is 0.325 e. The summed E-state index contributed by atoms with van der Waals surface area (Å²) in [6.45, 7) is 5.77. The lowest BCUT2D eigenvalue weighted by Crippen LogP contribution is -2.31. The Balaban J connectivity index is 2.80. The van der Waals surface area contributed by atoms with Crippen LogP contribution >= 0.6 is 0 Å². The fourth-order valence-electron chi connectivity index (χ4n) is 3.12. The Bertz CT molecular complexity index is 690. The van der Waals surface area contributed by atoms with E-state index in [1.165, 1.54) is 13.8 Å². The maximum atomic E-state index is 15.6. The van der Waals surface area contributed by atoms with E-state index in [1.807, 2.05) is 0 Å². The first-order valence-electron chi connectivity index (χ1n) is 6.58. The molecule has 4 nitrogen and oxygen atoms in total. The summed E-state index contributed by atoms with van der Waals surface area (Å²) in [5.41, 5.74) is -3.09. The predicted octanol–water partition coefficient (Wildman–Crippen LogP) is 3.01. The lowest BCUT2D eigenvalue weighted by molar-refractivity contribution is -0.138.